The summed E-state index contributed by atoms with van der Waals surface area (Å²) in [5.41, 5.74) is 5.27. The summed E-state index contributed by atoms with van der Waals surface area (Å²) in [6.07, 6.45) is 0. The predicted molar refractivity (Wildman–Crippen MR) is 65.0 cm³/mol. The van der Waals surface area contributed by atoms with Gasteiger partial charge in [0.2, 0.25) is 11.9 Å². The highest BCUT2D eigenvalue weighted by molar-refractivity contribution is 5.35. The fourth-order valence-corrected chi connectivity index (χ4v) is 1.32. The van der Waals surface area contributed by atoms with Gasteiger partial charge in [-0.3, -0.25) is 0 Å². The molecule has 1 aromatic heterocycles. The van der Waals surface area contributed by atoms with Crippen LogP contribution in [0, 0.1) is 0 Å². The molecular formula is C10H19N5O2. The van der Waals surface area contributed by atoms with Gasteiger partial charge in [-0.05, 0) is 20.8 Å². The van der Waals surface area contributed by atoms with E-state index in [0.29, 0.717) is 19.2 Å². The number of nitrogens with two attached hydrogens (primary N) is 1. The molecule has 0 bridgehead atoms. The van der Waals surface area contributed by atoms with Crippen LogP contribution in [0.1, 0.15) is 20.8 Å². The van der Waals surface area contributed by atoms with Gasteiger partial charge >= 0.3 is 6.01 Å². The second kappa shape index (κ2) is 5.62. The molecule has 0 radical (unpaired) electrons. The first-order valence-electron chi connectivity index (χ1n) is 5.38. The smallest absolute Gasteiger partial charge is 0.323 e. The molecule has 0 fully saturated rings. The van der Waals surface area contributed by atoms with E-state index < -0.39 is 0 Å². The van der Waals surface area contributed by atoms with E-state index in [1.54, 1.807) is 7.11 Å². The topological polar surface area (TPSA) is 95.2 Å². The van der Waals surface area contributed by atoms with E-state index in [1.807, 2.05) is 20.8 Å². The van der Waals surface area contributed by atoms with Crippen LogP contribution in [0.3, 0.4) is 0 Å². The number of nitrogens with one attached hydrogen (secondary N) is 1. The van der Waals surface area contributed by atoms with Crippen molar-refractivity contribution in [3.8, 4) is 6.01 Å². The van der Waals surface area contributed by atoms with Crippen molar-refractivity contribution in [1.82, 2.24) is 15.0 Å². The van der Waals surface area contributed by atoms with Gasteiger partial charge in [0.05, 0.1) is 18.8 Å². The molecule has 0 spiro atoms. The number of aromatic nitrogens is 3. The lowest BCUT2D eigenvalue weighted by Crippen LogP contribution is -2.36. The Bertz CT molecular complexity index is 370. The Morgan fingerprint density at radius 1 is 1.29 bits per heavy atom. The fraction of sp³-hybridized carbons (Fsp3) is 0.700. The van der Waals surface area contributed by atoms with E-state index in [-0.39, 0.29) is 17.5 Å². The van der Waals surface area contributed by atoms with Crippen LogP contribution in [-0.2, 0) is 4.74 Å². The summed E-state index contributed by atoms with van der Waals surface area (Å²) in [7, 11) is 1.64. The van der Waals surface area contributed by atoms with Crippen molar-refractivity contribution in [2.75, 3.05) is 31.4 Å². The zero-order chi connectivity index (χ0) is 12.9. The number of anilines is 2. The van der Waals surface area contributed by atoms with Gasteiger partial charge in [0, 0.05) is 7.11 Å². The highest BCUT2D eigenvalue weighted by Crippen LogP contribution is 2.14. The van der Waals surface area contributed by atoms with Gasteiger partial charge in [0.15, 0.2) is 0 Å². The van der Waals surface area contributed by atoms with Gasteiger partial charge < -0.3 is 20.5 Å². The number of nitrogens with zero attached hydrogens (tertiary/aromatic N) is 3. The van der Waals surface area contributed by atoms with Crippen molar-refractivity contribution in [3.05, 3.63) is 0 Å². The van der Waals surface area contributed by atoms with Crippen molar-refractivity contribution >= 4 is 11.9 Å². The summed E-state index contributed by atoms with van der Waals surface area (Å²) in [5, 5.41) is 3.11. The van der Waals surface area contributed by atoms with Crippen molar-refractivity contribution in [2.45, 2.75) is 26.3 Å². The summed E-state index contributed by atoms with van der Waals surface area (Å²) in [6.45, 7) is 6.78. The van der Waals surface area contributed by atoms with Gasteiger partial charge in [-0.15, -0.1) is 0 Å². The van der Waals surface area contributed by atoms with E-state index >= 15 is 0 Å². The number of methoxy groups -OCH3 is 1. The van der Waals surface area contributed by atoms with Gasteiger partial charge in [-0.2, -0.15) is 15.0 Å². The van der Waals surface area contributed by atoms with Crippen LogP contribution in [0.2, 0.25) is 0 Å². The lowest BCUT2D eigenvalue weighted by atomic mass is 10.1. The van der Waals surface area contributed by atoms with Gasteiger partial charge in [0.1, 0.15) is 0 Å². The molecule has 0 saturated carbocycles. The summed E-state index contributed by atoms with van der Waals surface area (Å²) in [6, 6.07) is 0.218. The number of rotatable bonds is 6. The van der Waals surface area contributed by atoms with Crippen LogP contribution in [0.4, 0.5) is 11.9 Å². The van der Waals surface area contributed by atoms with E-state index in [4.69, 9.17) is 15.2 Å². The van der Waals surface area contributed by atoms with Crippen LogP contribution >= 0.6 is 0 Å². The quantitative estimate of drug-likeness (QED) is 0.756. The molecule has 0 aliphatic heterocycles. The first-order chi connectivity index (χ1) is 7.96. The molecule has 96 valence electrons. The first-order valence-corrected chi connectivity index (χ1v) is 5.38. The number of ether oxygens (including phenoxy) is 2. The predicted octanol–water partition coefficient (Wildman–Crippen LogP) is 0.689. The molecule has 0 aromatic carbocycles. The number of hydrogen-bond acceptors (Lipinski definition) is 7. The van der Waals surface area contributed by atoms with E-state index in [2.05, 4.69) is 20.3 Å². The van der Waals surface area contributed by atoms with Crippen LogP contribution < -0.4 is 15.8 Å². The van der Waals surface area contributed by atoms with Gasteiger partial charge in [0.25, 0.3) is 0 Å². The van der Waals surface area contributed by atoms with Crippen LogP contribution in [-0.4, -0.2) is 40.8 Å². The summed E-state index contributed by atoms with van der Waals surface area (Å²) in [5.74, 6) is 0.502. The lowest BCUT2D eigenvalue weighted by Gasteiger charge is -2.25. The molecule has 1 aromatic rings. The molecule has 0 unspecified atom stereocenters. The summed E-state index contributed by atoms with van der Waals surface area (Å²) < 4.78 is 10.3. The van der Waals surface area contributed by atoms with E-state index in [1.165, 1.54) is 0 Å². The molecule has 0 saturated heterocycles. The Kier molecular flexibility index (Phi) is 4.45. The Labute approximate surface area is 101 Å². The molecular weight excluding hydrogens is 222 g/mol. The van der Waals surface area contributed by atoms with Crippen molar-refractivity contribution < 1.29 is 9.47 Å². The van der Waals surface area contributed by atoms with Crippen LogP contribution in [0.15, 0.2) is 0 Å². The Morgan fingerprint density at radius 3 is 2.59 bits per heavy atom. The van der Waals surface area contributed by atoms with Crippen LogP contribution in [0.5, 0.6) is 6.01 Å². The van der Waals surface area contributed by atoms with E-state index in [0.717, 1.165) is 0 Å². The zero-order valence-corrected chi connectivity index (χ0v) is 10.6. The minimum absolute atomic E-state index is 0.124. The monoisotopic (exact) mass is 241 g/mol. The standard InChI is InChI=1S/C10H19N5O2/c1-5-17-9-13-7(11)12-8(14-9)15-10(2,3)6-16-4/h5-6H2,1-4H3,(H3,11,12,13,14,15). The highest BCUT2D eigenvalue weighted by atomic mass is 16.5. The Morgan fingerprint density at radius 2 is 2.00 bits per heavy atom. The van der Waals surface area contributed by atoms with E-state index in [9.17, 15) is 0 Å². The highest BCUT2D eigenvalue weighted by Gasteiger charge is 2.19. The van der Waals surface area contributed by atoms with Crippen molar-refractivity contribution in [2.24, 2.45) is 0 Å². The lowest BCUT2D eigenvalue weighted by molar-refractivity contribution is 0.157. The maximum atomic E-state index is 5.57. The SMILES string of the molecule is CCOc1nc(N)nc(NC(C)(C)COC)n1. The third kappa shape index (κ3) is 4.39. The minimum atomic E-state index is -0.300. The molecule has 0 atom stereocenters. The molecule has 3 N–H and O–H groups in total. The normalized spacial score (nSPS) is 11.3. The largest absolute Gasteiger partial charge is 0.464 e. The van der Waals surface area contributed by atoms with Gasteiger partial charge in [-0.25, -0.2) is 0 Å². The third-order valence-electron chi connectivity index (χ3n) is 1.86. The van der Waals surface area contributed by atoms with Gasteiger partial charge in [-0.1, -0.05) is 0 Å². The summed E-state index contributed by atoms with van der Waals surface area (Å²) in [4.78, 5) is 12.0. The molecule has 7 nitrogen and oxygen atoms in total. The Hall–Kier alpha value is -1.63. The average Bonchev–Trinajstić information content (AvgIpc) is 2.15. The second-order valence-corrected chi connectivity index (χ2v) is 4.17. The number of hydrogen-bond donors (Lipinski definition) is 2. The minimum Gasteiger partial charge on any atom is -0.464 e. The average molecular weight is 241 g/mol. The maximum Gasteiger partial charge on any atom is 0.323 e. The molecule has 1 heterocycles. The molecule has 0 aliphatic carbocycles. The molecule has 17 heavy (non-hydrogen) atoms. The first kappa shape index (κ1) is 13.4. The zero-order valence-electron chi connectivity index (χ0n) is 10.6. The number of nitrogen functional groups attached to an aromatic ring is 1. The van der Waals surface area contributed by atoms with Crippen LogP contribution in [0.25, 0.3) is 0 Å². The Balaban J connectivity index is 2.83. The summed E-state index contributed by atoms with van der Waals surface area (Å²) >= 11 is 0. The maximum absolute atomic E-state index is 5.57. The van der Waals surface area contributed by atoms with Crippen molar-refractivity contribution in [3.63, 3.8) is 0 Å². The second-order valence-electron chi connectivity index (χ2n) is 4.17. The fourth-order valence-electron chi connectivity index (χ4n) is 1.32. The molecule has 1 rings (SSSR count). The molecule has 0 aliphatic rings. The molecule has 7 heteroatoms. The third-order valence-corrected chi connectivity index (χ3v) is 1.86. The molecule has 0 amide bonds. The van der Waals surface area contributed by atoms with Crippen molar-refractivity contribution in [1.29, 1.82) is 0 Å².